The molecule has 2 N–H and O–H groups in total. The average molecular weight is 299 g/mol. The number of hydrogen-bond donors (Lipinski definition) is 2. The van der Waals surface area contributed by atoms with Crippen molar-refractivity contribution in [2.24, 2.45) is 4.99 Å². The van der Waals surface area contributed by atoms with Gasteiger partial charge in [-0.3, -0.25) is 4.99 Å². The highest BCUT2D eigenvalue weighted by molar-refractivity contribution is 5.79. The Morgan fingerprint density at radius 1 is 1.00 bits per heavy atom. The van der Waals surface area contributed by atoms with Gasteiger partial charge in [0.15, 0.2) is 5.96 Å². The summed E-state index contributed by atoms with van der Waals surface area (Å²) in [5.74, 6) is 0.518. The van der Waals surface area contributed by atoms with E-state index in [0.717, 1.165) is 5.56 Å². The lowest BCUT2D eigenvalue weighted by Crippen LogP contribution is -2.36. The van der Waals surface area contributed by atoms with Crippen molar-refractivity contribution in [2.45, 2.75) is 26.9 Å². The standard InChI is InChI=1S/C18H22FN3/c1-13-5-4-6-15(9-13)11-21-18(20-3)22-12-16-8-7-14(2)17(19)10-16/h4-10H,11-12H2,1-3H3,(H2,20,21,22). The van der Waals surface area contributed by atoms with E-state index in [4.69, 9.17) is 0 Å². The highest BCUT2D eigenvalue weighted by atomic mass is 19.1. The van der Waals surface area contributed by atoms with Crippen LogP contribution in [-0.4, -0.2) is 13.0 Å². The third-order valence-corrected chi connectivity index (χ3v) is 3.46. The van der Waals surface area contributed by atoms with Gasteiger partial charge in [0.25, 0.3) is 0 Å². The highest BCUT2D eigenvalue weighted by Gasteiger charge is 2.02. The first kappa shape index (κ1) is 16.0. The lowest BCUT2D eigenvalue weighted by molar-refractivity contribution is 0.615. The Morgan fingerprint density at radius 3 is 2.27 bits per heavy atom. The van der Waals surface area contributed by atoms with Gasteiger partial charge in [0, 0.05) is 20.1 Å². The van der Waals surface area contributed by atoms with Crippen molar-refractivity contribution < 1.29 is 4.39 Å². The summed E-state index contributed by atoms with van der Waals surface area (Å²) in [4.78, 5) is 4.18. The molecule has 0 saturated carbocycles. The Balaban J connectivity index is 1.88. The van der Waals surface area contributed by atoms with Gasteiger partial charge < -0.3 is 10.6 Å². The number of halogens is 1. The molecular weight excluding hydrogens is 277 g/mol. The molecule has 0 aromatic heterocycles. The molecule has 2 aromatic rings. The van der Waals surface area contributed by atoms with Crippen LogP contribution in [0.4, 0.5) is 4.39 Å². The molecule has 0 amide bonds. The molecule has 2 rings (SSSR count). The fraction of sp³-hybridized carbons (Fsp3) is 0.278. The van der Waals surface area contributed by atoms with E-state index in [-0.39, 0.29) is 5.82 Å². The number of aliphatic imine (C=N–C) groups is 1. The Labute approximate surface area is 131 Å². The number of nitrogens with zero attached hydrogens (tertiary/aromatic N) is 1. The second-order valence-corrected chi connectivity index (χ2v) is 5.35. The fourth-order valence-corrected chi connectivity index (χ4v) is 2.16. The van der Waals surface area contributed by atoms with E-state index in [9.17, 15) is 4.39 Å². The molecule has 0 radical (unpaired) electrons. The van der Waals surface area contributed by atoms with Crippen LogP contribution in [-0.2, 0) is 13.1 Å². The molecule has 0 heterocycles. The van der Waals surface area contributed by atoms with E-state index in [1.807, 2.05) is 12.1 Å². The smallest absolute Gasteiger partial charge is 0.191 e. The quantitative estimate of drug-likeness (QED) is 0.671. The zero-order valence-corrected chi connectivity index (χ0v) is 13.3. The van der Waals surface area contributed by atoms with Gasteiger partial charge >= 0.3 is 0 Å². The van der Waals surface area contributed by atoms with Gasteiger partial charge in [-0.1, -0.05) is 42.0 Å². The van der Waals surface area contributed by atoms with Crippen LogP contribution in [0.3, 0.4) is 0 Å². The topological polar surface area (TPSA) is 36.4 Å². The summed E-state index contributed by atoms with van der Waals surface area (Å²) in [7, 11) is 1.72. The fourth-order valence-electron chi connectivity index (χ4n) is 2.16. The zero-order valence-electron chi connectivity index (χ0n) is 13.3. The second-order valence-electron chi connectivity index (χ2n) is 5.35. The maximum absolute atomic E-state index is 13.5. The van der Waals surface area contributed by atoms with Gasteiger partial charge in [-0.2, -0.15) is 0 Å². The Kier molecular flexibility index (Phi) is 5.53. The number of hydrogen-bond acceptors (Lipinski definition) is 1. The molecule has 0 spiro atoms. The molecule has 2 aromatic carbocycles. The molecule has 4 heteroatoms. The van der Waals surface area contributed by atoms with Crippen LogP contribution in [0, 0.1) is 19.7 Å². The molecule has 22 heavy (non-hydrogen) atoms. The van der Waals surface area contributed by atoms with Crippen LogP contribution in [0.15, 0.2) is 47.5 Å². The summed E-state index contributed by atoms with van der Waals surface area (Å²) < 4.78 is 13.5. The van der Waals surface area contributed by atoms with Crippen molar-refractivity contribution in [3.8, 4) is 0 Å². The second kappa shape index (κ2) is 7.59. The first-order valence-electron chi connectivity index (χ1n) is 7.33. The minimum Gasteiger partial charge on any atom is -0.352 e. The van der Waals surface area contributed by atoms with Crippen LogP contribution in [0.2, 0.25) is 0 Å². The molecule has 0 atom stereocenters. The minimum absolute atomic E-state index is 0.179. The van der Waals surface area contributed by atoms with Gasteiger partial charge in [0.05, 0.1) is 0 Å². The summed E-state index contributed by atoms with van der Waals surface area (Å²) in [5.41, 5.74) is 3.98. The van der Waals surface area contributed by atoms with E-state index in [2.05, 4.69) is 40.7 Å². The van der Waals surface area contributed by atoms with E-state index < -0.39 is 0 Å². The first-order valence-corrected chi connectivity index (χ1v) is 7.33. The average Bonchev–Trinajstić information content (AvgIpc) is 2.51. The molecule has 0 unspecified atom stereocenters. The minimum atomic E-state index is -0.179. The molecular formula is C18H22FN3. The van der Waals surface area contributed by atoms with Crippen molar-refractivity contribution in [3.63, 3.8) is 0 Å². The van der Waals surface area contributed by atoms with Crippen molar-refractivity contribution in [1.29, 1.82) is 0 Å². The van der Waals surface area contributed by atoms with Gasteiger partial charge in [-0.25, -0.2) is 4.39 Å². The lowest BCUT2D eigenvalue weighted by atomic mass is 10.1. The summed E-state index contributed by atoms with van der Waals surface area (Å²) in [5, 5.41) is 6.44. The van der Waals surface area contributed by atoms with Gasteiger partial charge in [0.2, 0.25) is 0 Å². The number of nitrogens with one attached hydrogen (secondary N) is 2. The number of rotatable bonds is 4. The van der Waals surface area contributed by atoms with Crippen LogP contribution < -0.4 is 10.6 Å². The maximum atomic E-state index is 13.5. The normalized spacial score (nSPS) is 11.4. The van der Waals surface area contributed by atoms with E-state index in [0.29, 0.717) is 24.6 Å². The predicted octanol–water partition coefficient (Wildman–Crippen LogP) is 3.31. The highest BCUT2D eigenvalue weighted by Crippen LogP contribution is 2.09. The predicted molar refractivity (Wildman–Crippen MR) is 89.4 cm³/mol. The zero-order chi connectivity index (χ0) is 15.9. The van der Waals surface area contributed by atoms with Crippen LogP contribution >= 0.6 is 0 Å². The first-order chi connectivity index (χ1) is 10.6. The molecule has 0 aliphatic carbocycles. The van der Waals surface area contributed by atoms with E-state index >= 15 is 0 Å². The third-order valence-electron chi connectivity index (χ3n) is 3.46. The molecule has 0 saturated heterocycles. The summed E-state index contributed by atoms with van der Waals surface area (Å²) >= 11 is 0. The van der Waals surface area contributed by atoms with Crippen molar-refractivity contribution in [1.82, 2.24) is 10.6 Å². The van der Waals surface area contributed by atoms with Crippen LogP contribution in [0.5, 0.6) is 0 Å². The number of aryl methyl sites for hydroxylation is 2. The third kappa shape index (κ3) is 4.58. The summed E-state index contributed by atoms with van der Waals surface area (Å²) in [6.45, 7) is 5.06. The number of guanidine groups is 1. The van der Waals surface area contributed by atoms with Gasteiger partial charge in [-0.15, -0.1) is 0 Å². The van der Waals surface area contributed by atoms with E-state index in [1.54, 1.807) is 26.1 Å². The largest absolute Gasteiger partial charge is 0.352 e. The maximum Gasteiger partial charge on any atom is 0.191 e. The number of benzene rings is 2. The Bertz CT molecular complexity index is 665. The van der Waals surface area contributed by atoms with Crippen molar-refractivity contribution in [3.05, 3.63) is 70.5 Å². The molecule has 0 aliphatic heterocycles. The van der Waals surface area contributed by atoms with Crippen LogP contribution in [0.1, 0.15) is 22.3 Å². The van der Waals surface area contributed by atoms with E-state index in [1.165, 1.54) is 11.1 Å². The van der Waals surface area contributed by atoms with Crippen LogP contribution in [0.25, 0.3) is 0 Å². The molecule has 0 bridgehead atoms. The lowest BCUT2D eigenvalue weighted by Gasteiger charge is -2.12. The molecule has 0 fully saturated rings. The van der Waals surface area contributed by atoms with Gasteiger partial charge in [0.1, 0.15) is 5.82 Å². The summed E-state index contributed by atoms with van der Waals surface area (Å²) in [6.07, 6.45) is 0. The summed E-state index contributed by atoms with van der Waals surface area (Å²) in [6, 6.07) is 13.6. The van der Waals surface area contributed by atoms with Crippen molar-refractivity contribution in [2.75, 3.05) is 7.05 Å². The SMILES string of the molecule is CN=C(NCc1cccc(C)c1)NCc1ccc(C)c(F)c1. The monoisotopic (exact) mass is 299 g/mol. The van der Waals surface area contributed by atoms with Gasteiger partial charge in [-0.05, 0) is 36.6 Å². The molecule has 0 aliphatic rings. The Hall–Kier alpha value is -2.36. The Morgan fingerprint density at radius 2 is 1.68 bits per heavy atom. The molecule has 3 nitrogen and oxygen atoms in total. The van der Waals surface area contributed by atoms with Crippen molar-refractivity contribution >= 4 is 5.96 Å². The molecule has 116 valence electrons.